The van der Waals surface area contributed by atoms with Gasteiger partial charge in [0.1, 0.15) is 5.60 Å². The molecule has 2 rings (SSSR count). The lowest BCUT2D eigenvalue weighted by atomic mass is 9.89. The van der Waals surface area contributed by atoms with E-state index in [1.807, 2.05) is 26.8 Å². The first-order chi connectivity index (χ1) is 12.3. The maximum Gasteiger partial charge on any atom is 0.407 e. The number of hydrogen-bond donors (Lipinski definition) is 1. The largest absolute Gasteiger partial charge is 0.444 e. The van der Waals surface area contributed by atoms with Crippen molar-refractivity contribution in [3.8, 4) is 0 Å². The fourth-order valence-corrected chi connectivity index (χ4v) is 3.75. The fraction of sp³-hybridized carbons (Fsp3) is 0.591. The molecule has 0 bridgehead atoms. The third-order valence-electron chi connectivity index (χ3n) is 4.86. The van der Waals surface area contributed by atoms with Crippen molar-refractivity contribution < 1.29 is 9.53 Å². The van der Waals surface area contributed by atoms with Crippen LogP contribution in [0, 0.1) is 0 Å². The number of allylic oxidation sites excluding steroid dienone is 1. The summed E-state index contributed by atoms with van der Waals surface area (Å²) in [5, 5.41) is 3.03. The van der Waals surface area contributed by atoms with Gasteiger partial charge in [-0.2, -0.15) is 0 Å². The average molecular weight is 359 g/mol. The van der Waals surface area contributed by atoms with Crippen LogP contribution in [0.1, 0.15) is 58.9 Å². The second-order valence-electron chi connectivity index (χ2n) is 8.06. The lowest BCUT2D eigenvalue weighted by Gasteiger charge is -2.39. The van der Waals surface area contributed by atoms with Crippen LogP contribution in [0.25, 0.3) is 0 Å². The van der Waals surface area contributed by atoms with Crippen LogP contribution < -0.4 is 10.2 Å². The van der Waals surface area contributed by atoms with Gasteiger partial charge in [0, 0.05) is 24.3 Å². The molecule has 144 valence electrons. The molecular formula is C22H34N2O2. The number of alkyl carbamates (subject to hydrolysis) is 1. The van der Waals surface area contributed by atoms with E-state index in [1.165, 1.54) is 11.3 Å². The maximum atomic E-state index is 12.0. The number of benzene rings is 1. The van der Waals surface area contributed by atoms with E-state index in [9.17, 15) is 4.79 Å². The minimum atomic E-state index is -0.449. The molecule has 1 aliphatic rings. The summed E-state index contributed by atoms with van der Waals surface area (Å²) < 4.78 is 5.38. The molecule has 0 spiro atoms. The van der Waals surface area contributed by atoms with E-state index in [-0.39, 0.29) is 12.1 Å². The highest BCUT2D eigenvalue weighted by atomic mass is 16.6. The minimum Gasteiger partial charge on any atom is -0.444 e. The molecule has 1 saturated carbocycles. The molecule has 1 aromatic carbocycles. The molecule has 0 radical (unpaired) electrons. The number of anilines is 1. The Labute approximate surface area is 158 Å². The van der Waals surface area contributed by atoms with Crippen molar-refractivity contribution in [1.82, 2.24) is 5.32 Å². The predicted molar refractivity (Wildman–Crippen MR) is 109 cm³/mol. The van der Waals surface area contributed by atoms with Crippen LogP contribution in [0.15, 0.2) is 36.9 Å². The van der Waals surface area contributed by atoms with Gasteiger partial charge in [-0.25, -0.2) is 4.79 Å². The number of carbonyl (C=O) groups excluding carboxylic acids is 1. The molecule has 0 aliphatic heterocycles. The van der Waals surface area contributed by atoms with Gasteiger partial charge in [0.2, 0.25) is 0 Å². The molecule has 1 N–H and O–H groups in total. The number of nitrogens with one attached hydrogen (secondary N) is 1. The van der Waals surface area contributed by atoms with E-state index in [1.54, 1.807) is 0 Å². The Hall–Kier alpha value is -1.97. The van der Waals surface area contributed by atoms with E-state index in [4.69, 9.17) is 4.74 Å². The normalized spacial score (nSPS) is 20.3. The Morgan fingerprint density at radius 2 is 1.92 bits per heavy atom. The third kappa shape index (κ3) is 5.79. The lowest BCUT2D eigenvalue weighted by molar-refractivity contribution is 0.0491. The first-order valence-corrected chi connectivity index (χ1v) is 9.79. The van der Waals surface area contributed by atoms with Gasteiger partial charge in [0.05, 0.1) is 0 Å². The number of carbonyl (C=O) groups is 1. The van der Waals surface area contributed by atoms with Crippen molar-refractivity contribution in [2.45, 2.75) is 77.5 Å². The van der Waals surface area contributed by atoms with E-state index >= 15 is 0 Å². The Morgan fingerprint density at radius 3 is 2.50 bits per heavy atom. The van der Waals surface area contributed by atoms with E-state index in [0.29, 0.717) is 6.04 Å². The van der Waals surface area contributed by atoms with Crippen LogP contribution in [0.3, 0.4) is 0 Å². The molecular weight excluding hydrogens is 324 g/mol. The second-order valence-corrected chi connectivity index (χ2v) is 8.06. The molecule has 26 heavy (non-hydrogen) atoms. The summed E-state index contributed by atoms with van der Waals surface area (Å²) in [4.78, 5) is 14.5. The molecule has 0 saturated heterocycles. The molecule has 0 atom stereocenters. The molecule has 1 fully saturated rings. The number of rotatable bonds is 6. The first kappa shape index (κ1) is 20.3. The van der Waals surface area contributed by atoms with Crippen molar-refractivity contribution in [3.63, 3.8) is 0 Å². The van der Waals surface area contributed by atoms with Crippen LogP contribution in [0.2, 0.25) is 0 Å². The average Bonchev–Trinajstić information content (AvgIpc) is 2.57. The van der Waals surface area contributed by atoms with Crippen LogP contribution in [-0.2, 0) is 11.2 Å². The molecule has 4 heteroatoms. The summed E-state index contributed by atoms with van der Waals surface area (Å²) in [6.07, 6.45) is 6.70. The van der Waals surface area contributed by atoms with Crippen molar-refractivity contribution in [2.75, 3.05) is 11.4 Å². The highest BCUT2D eigenvalue weighted by Crippen LogP contribution is 2.30. The SMILES string of the molecule is C=CCc1ccccc1N(CC)C1CCC(NC(=O)OC(C)(C)C)CC1. The quantitative estimate of drug-likeness (QED) is 0.721. The van der Waals surface area contributed by atoms with Crippen molar-refractivity contribution in [3.05, 3.63) is 42.5 Å². The molecule has 1 amide bonds. The maximum absolute atomic E-state index is 12.0. The molecule has 1 aliphatic carbocycles. The Balaban J connectivity index is 1.95. The van der Waals surface area contributed by atoms with Gasteiger partial charge in [0.25, 0.3) is 0 Å². The number of para-hydroxylation sites is 1. The second kappa shape index (κ2) is 9.11. The lowest BCUT2D eigenvalue weighted by Crippen LogP contribution is -2.45. The molecule has 0 unspecified atom stereocenters. The van der Waals surface area contributed by atoms with Gasteiger partial charge in [-0.15, -0.1) is 6.58 Å². The third-order valence-corrected chi connectivity index (χ3v) is 4.86. The van der Waals surface area contributed by atoms with Crippen LogP contribution in [0.4, 0.5) is 10.5 Å². The molecule has 0 heterocycles. The van der Waals surface area contributed by atoms with Crippen LogP contribution in [0.5, 0.6) is 0 Å². The zero-order chi connectivity index (χ0) is 19.2. The Kier molecular flexibility index (Phi) is 7.13. The first-order valence-electron chi connectivity index (χ1n) is 9.79. The van der Waals surface area contributed by atoms with E-state index in [2.05, 4.69) is 48.0 Å². The van der Waals surface area contributed by atoms with Gasteiger partial charge < -0.3 is 15.0 Å². The van der Waals surface area contributed by atoms with Crippen molar-refractivity contribution >= 4 is 11.8 Å². The standard InChI is InChI=1S/C22H34N2O2/c1-6-10-17-11-8-9-12-20(17)24(7-2)19-15-13-18(14-16-19)23-21(25)26-22(3,4)5/h6,8-9,11-12,18-19H,1,7,10,13-16H2,2-5H3,(H,23,25). The number of ether oxygens (including phenoxy) is 1. The van der Waals surface area contributed by atoms with Gasteiger partial charge in [-0.1, -0.05) is 24.3 Å². The van der Waals surface area contributed by atoms with Crippen molar-refractivity contribution in [2.24, 2.45) is 0 Å². The topological polar surface area (TPSA) is 41.6 Å². The van der Waals surface area contributed by atoms with Crippen molar-refractivity contribution in [1.29, 1.82) is 0 Å². The summed E-state index contributed by atoms with van der Waals surface area (Å²) in [5.41, 5.74) is 2.20. The van der Waals surface area contributed by atoms with E-state index in [0.717, 1.165) is 38.6 Å². The van der Waals surface area contributed by atoms with Crippen LogP contribution >= 0.6 is 0 Å². The van der Waals surface area contributed by atoms with Gasteiger partial charge in [-0.3, -0.25) is 0 Å². The summed E-state index contributed by atoms with van der Waals surface area (Å²) in [6, 6.07) is 9.34. The highest BCUT2D eigenvalue weighted by molar-refractivity contribution is 5.68. The summed E-state index contributed by atoms with van der Waals surface area (Å²) in [7, 11) is 0. The highest BCUT2D eigenvalue weighted by Gasteiger charge is 2.28. The number of hydrogen-bond acceptors (Lipinski definition) is 3. The van der Waals surface area contributed by atoms with Gasteiger partial charge in [0.15, 0.2) is 0 Å². The smallest absolute Gasteiger partial charge is 0.407 e. The summed E-state index contributed by atoms with van der Waals surface area (Å²) in [5.74, 6) is 0. The minimum absolute atomic E-state index is 0.211. The molecule has 1 aromatic rings. The predicted octanol–water partition coefficient (Wildman–Crippen LogP) is 5.08. The summed E-state index contributed by atoms with van der Waals surface area (Å²) in [6.45, 7) is 12.8. The van der Waals surface area contributed by atoms with E-state index < -0.39 is 5.60 Å². The monoisotopic (exact) mass is 358 g/mol. The Bertz CT molecular complexity index is 598. The molecule has 4 nitrogen and oxygen atoms in total. The zero-order valence-corrected chi connectivity index (χ0v) is 16.8. The summed E-state index contributed by atoms with van der Waals surface area (Å²) >= 11 is 0. The van der Waals surface area contributed by atoms with Gasteiger partial charge in [-0.05, 0) is 71.4 Å². The Morgan fingerprint density at radius 1 is 1.27 bits per heavy atom. The number of nitrogens with zero attached hydrogens (tertiary/aromatic N) is 1. The number of amides is 1. The van der Waals surface area contributed by atoms with Gasteiger partial charge >= 0.3 is 6.09 Å². The molecule has 0 aromatic heterocycles. The zero-order valence-electron chi connectivity index (χ0n) is 16.8. The van der Waals surface area contributed by atoms with Crippen LogP contribution in [-0.4, -0.2) is 30.3 Å². The fourth-order valence-electron chi connectivity index (χ4n) is 3.75.